The molecule has 3 aliphatic rings. The Morgan fingerprint density at radius 2 is 2.00 bits per heavy atom. The second kappa shape index (κ2) is 6.34. The van der Waals surface area contributed by atoms with Crippen molar-refractivity contribution < 1.29 is 13.2 Å². The van der Waals surface area contributed by atoms with Crippen molar-refractivity contribution in [2.75, 3.05) is 0 Å². The van der Waals surface area contributed by atoms with Crippen LogP contribution in [-0.4, -0.2) is 15.5 Å². The average molecular weight is 438 g/mol. The number of alkyl halides is 2. The van der Waals surface area contributed by atoms with Crippen LogP contribution in [-0.2, 0) is 6.42 Å². The Morgan fingerprint density at radius 3 is 2.67 bits per heavy atom. The summed E-state index contributed by atoms with van der Waals surface area (Å²) in [4.78, 5) is 28.4. The van der Waals surface area contributed by atoms with E-state index >= 15 is 4.39 Å². The summed E-state index contributed by atoms with van der Waals surface area (Å²) in [5, 5.41) is 0. The molecule has 3 atom stereocenters. The first-order valence-electron chi connectivity index (χ1n) is 9.92. The lowest BCUT2D eigenvalue weighted by atomic mass is 9.79. The number of thiophene rings is 1. The fourth-order valence-corrected chi connectivity index (χ4v) is 6.16. The van der Waals surface area contributed by atoms with Gasteiger partial charge in [0.25, 0.3) is 11.5 Å². The molecule has 5 N–H and O–H groups in total. The Kier molecular flexibility index (Phi) is 4.14. The number of aromatic amines is 1. The molecule has 0 spiro atoms. The van der Waals surface area contributed by atoms with Gasteiger partial charge in [-0.2, -0.15) is 0 Å². The topological polar surface area (TPSA) is 107 Å². The highest BCUT2D eigenvalue weighted by Crippen LogP contribution is 2.52. The summed E-state index contributed by atoms with van der Waals surface area (Å²) >= 11 is 1.25. The molecule has 30 heavy (non-hydrogen) atoms. The van der Waals surface area contributed by atoms with Gasteiger partial charge >= 0.3 is 5.69 Å². The predicted molar refractivity (Wildman–Crippen MR) is 107 cm³/mol. The summed E-state index contributed by atoms with van der Waals surface area (Å²) < 4.78 is 45.1. The minimum atomic E-state index is -3.01. The first-order valence-corrected chi connectivity index (χ1v) is 10.7. The first-order chi connectivity index (χ1) is 14.1. The van der Waals surface area contributed by atoms with Gasteiger partial charge < -0.3 is 11.5 Å². The van der Waals surface area contributed by atoms with E-state index in [4.69, 9.17) is 11.5 Å². The van der Waals surface area contributed by atoms with E-state index in [1.165, 1.54) is 15.9 Å². The number of H-pyrrole nitrogens is 1. The Morgan fingerprint density at radius 1 is 1.30 bits per heavy atom. The summed E-state index contributed by atoms with van der Waals surface area (Å²) in [5.74, 6) is -5.12. The number of rotatable bonds is 2. The van der Waals surface area contributed by atoms with Crippen molar-refractivity contribution in [3.63, 3.8) is 0 Å². The van der Waals surface area contributed by atoms with Crippen LogP contribution in [0.2, 0.25) is 0 Å². The summed E-state index contributed by atoms with van der Waals surface area (Å²) in [5.41, 5.74) is 11.0. The second-order valence-electron chi connectivity index (χ2n) is 8.41. The summed E-state index contributed by atoms with van der Waals surface area (Å²) in [6, 6.07) is 0.0573. The van der Waals surface area contributed by atoms with Crippen LogP contribution < -0.4 is 22.7 Å². The highest BCUT2D eigenvalue weighted by atomic mass is 32.1. The third-order valence-electron chi connectivity index (χ3n) is 6.47. The third-order valence-corrected chi connectivity index (χ3v) is 7.76. The fraction of sp³-hybridized carbons (Fsp3) is 0.500. The Labute approximate surface area is 173 Å². The Hall–Kier alpha value is -2.33. The number of halogens is 3. The quantitative estimate of drug-likeness (QED) is 0.670. The van der Waals surface area contributed by atoms with Crippen LogP contribution in [0.3, 0.4) is 0 Å². The van der Waals surface area contributed by atoms with Crippen molar-refractivity contribution in [3.8, 4) is 0 Å². The molecule has 0 amide bonds. The minimum absolute atomic E-state index is 0.00713. The van der Waals surface area contributed by atoms with Gasteiger partial charge in [-0.25, -0.2) is 18.0 Å². The lowest BCUT2D eigenvalue weighted by molar-refractivity contribution is -0.0392. The predicted octanol–water partition coefficient (Wildman–Crippen LogP) is 3.01. The van der Waals surface area contributed by atoms with Crippen LogP contribution in [0.1, 0.15) is 76.7 Å². The molecule has 3 aliphatic carbocycles. The van der Waals surface area contributed by atoms with Crippen molar-refractivity contribution in [3.05, 3.63) is 59.3 Å². The zero-order valence-corrected chi connectivity index (χ0v) is 17.0. The van der Waals surface area contributed by atoms with Gasteiger partial charge in [0.15, 0.2) is 0 Å². The van der Waals surface area contributed by atoms with Gasteiger partial charge in [-0.1, -0.05) is 6.92 Å². The SMILES string of the molecule is CC1c2c(c(=O)[nH]c(=O)n2C2CC2)C(N)=C(F)C1c1cc2c(s1)CCC(F)(F)C2N. The zero-order chi connectivity index (χ0) is 21.5. The summed E-state index contributed by atoms with van der Waals surface area (Å²) in [6.45, 7) is 1.74. The highest BCUT2D eigenvalue weighted by molar-refractivity contribution is 7.12. The maximum absolute atomic E-state index is 15.4. The fourth-order valence-electron chi connectivity index (χ4n) is 4.74. The van der Waals surface area contributed by atoms with Crippen molar-refractivity contribution in [2.24, 2.45) is 11.5 Å². The lowest BCUT2D eigenvalue weighted by Gasteiger charge is -2.31. The van der Waals surface area contributed by atoms with Crippen molar-refractivity contribution in [2.45, 2.75) is 62.4 Å². The molecule has 160 valence electrons. The lowest BCUT2D eigenvalue weighted by Crippen LogP contribution is -2.39. The molecule has 10 heteroatoms. The van der Waals surface area contributed by atoms with Gasteiger partial charge in [0, 0.05) is 33.8 Å². The molecular weight excluding hydrogens is 417 g/mol. The molecular formula is C20H21F3N4O2S. The van der Waals surface area contributed by atoms with E-state index < -0.39 is 40.9 Å². The van der Waals surface area contributed by atoms with Crippen LogP contribution in [0.15, 0.2) is 21.5 Å². The number of nitrogens with two attached hydrogens (primary N) is 2. The van der Waals surface area contributed by atoms with Gasteiger partial charge in [-0.15, -0.1) is 11.3 Å². The number of nitrogens with zero attached hydrogens (tertiary/aromatic N) is 1. The molecule has 2 aromatic heterocycles. The van der Waals surface area contributed by atoms with Gasteiger partial charge in [0.1, 0.15) is 5.83 Å². The maximum atomic E-state index is 15.4. The summed E-state index contributed by atoms with van der Waals surface area (Å²) in [7, 11) is 0. The highest BCUT2D eigenvalue weighted by Gasteiger charge is 2.45. The number of allylic oxidation sites excluding steroid dienone is 1. The first kappa shape index (κ1) is 19.6. The van der Waals surface area contributed by atoms with Gasteiger partial charge in [-0.05, 0) is 30.9 Å². The number of fused-ring (bicyclic) bond motifs is 2. The number of hydrogen-bond acceptors (Lipinski definition) is 5. The van der Waals surface area contributed by atoms with Crippen molar-refractivity contribution >= 4 is 17.0 Å². The molecule has 1 fully saturated rings. The molecule has 5 rings (SSSR count). The smallest absolute Gasteiger partial charge is 0.328 e. The standard InChI is InChI=1S/C20H21F3N4O2S/c1-7-12(11-6-9-10(30-11)4-5-20(22,23)17(9)25)14(21)15(24)13-16(7)27(8-2-3-8)19(29)26-18(13)28/h6-8,12,17H,2-5,24-25H2,1H3,(H,26,28,29). The minimum Gasteiger partial charge on any atom is -0.396 e. The average Bonchev–Trinajstić information content (AvgIpc) is 3.41. The van der Waals surface area contributed by atoms with E-state index in [1.807, 2.05) is 0 Å². The molecule has 6 nitrogen and oxygen atoms in total. The molecule has 3 unspecified atom stereocenters. The number of nitrogens with one attached hydrogen (secondary N) is 1. The molecule has 0 bridgehead atoms. The van der Waals surface area contributed by atoms with Crippen molar-refractivity contribution in [1.82, 2.24) is 9.55 Å². The molecule has 1 saturated carbocycles. The number of hydrogen-bond donors (Lipinski definition) is 3. The zero-order valence-electron chi connectivity index (χ0n) is 16.2. The molecule has 0 radical (unpaired) electrons. The normalized spacial score (nSPS) is 27.7. The van der Waals surface area contributed by atoms with Crippen LogP contribution in [0.25, 0.3) is 5.70 Å². The second-order valence-corrected chi connectivity index (χ2v) is 9.58. The van der Waals surface area contributed by atoms with E-state index in [0.29, 0.717) is 16.1 Å². The van der Waals surface area contributed by atoms with Gasteiger partial charge in [-0.3, -0.25) is 14.3 Å². The van der Waals surface area contributed by atoms with Gasteiger partial charge in [0.05, 0.1) is 23.2 Å². The third kappa shape index (κ3) is 2.66. The van der Waals surface area contributed by atoms with Crippen LogP contribution in [0.5, 0.6) is 0 Å². The van der Waals surface area contributed by atoms with Crippen LogP contribution in [0, 0.1) is 0 Å². The van der Waals surface area contributed by atoms with E-state index in [-0.39, 0.29) is 30.1 Å². The van der Waals surface area contributed by atoms with Crippen LogP contribution >= 0.6 is 11.3 Å². The van der Waals surface area contributed by atoms with Crippen LogP contribution in [0.4, 0.5) is 13.2 Å². The van der Waals surface area contributed by atoms with Gasteiger partial charge in [0.2, 0.25) is 0 Å². The Balaban J connectivity index is 1.69. The van der Waals surface area contributed by atoms with Crippen molar-refractivity contribution in [1.29, 1.82) is 0 Å². The summed E-state index contributed by atoms with van der Waals surface area (Å²) in [6.07, 6.45) is 1.41. The Bertz CT molecular complexity index is 1210. The van der Waals surface area contributed by atoms with E-state index in [2.05, 4.69) is 4.98 Å². The number of aryl methyl sites for hydroxylation is 1. The number of aromatic nitrogens is 2. The van der Waals surface area contributed by atoms with E-state index in [0.717, 1.165) is 17.7 Å². The molecule has 2 heterocycles. The largest absolute Gasteiger partial charge is 0.396 e. The molecule has 0 saturated heterocycles. The molecule has 0 aromatic carbocycles. The molecule has 2 aromatic rings. The maximum Gasteiger partial charge on any atom is 0.328 e. The molecule has 0 aliphatic heterocycles. The van der Waals surface area contributed by atoms with E-state index in [9.17, 15) is 18.4 Å². The van der Waals surface area contributed by atoms with E-state index in [1.54, 1.807) is 13.0 Å². The monoisotopic (exact) mass is 438 g/mol.